The van der Waals surface area contributed by atoms with Crippen molar-refractivity contribution in [3.05, 3.63) is 29.8 Å². The van der Waals surface area contributed by atoms with Gasteiger partial charge in [0.15, 0.2) is 0 Å². The lowest BCUT2D eigenvalue weighted by atomic mass is 10.2. The quantitative estimate of drug-likeness (QED) is 0.845. The third-order valence-electron chi connectivity index (χ3n) is 1.65. The van der Waals surface area contributed by atoms with Gasteiger partial charge in [0, 0.05) is 0 Å². The van der Waals surface area contributed by atoms with Crippen LogP contribution in [0, 0.1) is 0 Å². The van der Waals surface area contributed by atoms with Gasteiger partial charge in [0.2, 0.25) is 5.12 Å². The number of carbonyl (C=O) groups is 2. The lowest BCUT2D eigenvalue weighted by Crippen LogP contribution is -2.04. The van der Waals surface area contributed by atoms with E-state index in [1.165, 1.54) is 7.11 Å². The van der Waals surface area contributed by atoms with Crippen molar-refractivity contribution in [2.75, 3.05) is 12.9 Å². The molecule has 0 radical (unpaired) electrons. The first-order valence-corrected chi connectivity index (χ1v) is 5.15. The minimum atomic E-state index is -1.01. The number of benzene rings is 1. The third kappa shape index (κ3) is 3.28. The van der Waals surface area contributed by atoms with Crippen LogP contribution in [0.25, 0.3) is 0 Å². The highest BCUT2D eigenvalue weighted by Gasteiger charge is 2.13. The number of methoxy groups -OCH3 is 1. The van der Waals surface area contributed by atoms with Crippen molar-refractivity contribution >= 4 is 22.8 Å². The maximum Gasteiger partial charge on any atom is 0.313 e. The van der Waals surface area contributed by atoms with Crippen molar-refractivity contribution in [3.8, 4) is 5.75 Å². The summed E-state index contributed by atoms with van der Waals surface area (Å²) in [5, 5.41) is 8.14. The summed E-state index contributed by atoms with van der Waals surface area (Å²) in [6.45, 7) is 0. The zero-order valence-corrected chi connectivity index (χ0v) is 8.91. The summed E-state index contributed by atoms with van der Waals surface area (Å²) < 4.78 is 4.99. The molecular formula is C10H10O4S. The molecule has 0 atom stereocenters. The summed E-state index contributed by atoms with van der Waals surface area (Å²) in [4.78, 5) is 21.8. The lowest BCUT2D eigenvalue weighted by Gasteiger charge is -2.05. The van der Waals surface area contributed by atoms with Crippen LogP contribution in [0.1, 0.15) is 10.4 Å². The van der Waals surface area contributed by atoms with Gasteiger partial charge in [-0.1, -0.05) is 23.9 Å². The van der Waals surface area contributed by atoms with Crippen LogP contribution in [0.2, 0.25) is 0 Å². The van der Waals surface area contributed by atoms with E-state index in [9.17, 15) is 9.59 Å². The standard InChI is InChI=1S/C10H10O4S/c1-14-8-5-3-2-4-7(8)10(13)15-6-9(11)12/h2-5H,6H2,1H3,(H,11,12). The van der Waals surface area contributed by atoms with Crippen molar-refractivity contribution in [3.63, 3.8) is 0 Å². The molecule has 0 aliphatic rings. The number of carbonyl (C=O) groups excluding carboxylic acids is 1. The van der Waals surface area contributed by atoms with Crippen molar-refractivity contribution < 1.29 is 19.4 Å². The fraction of sp³-hybridized carbons (Fsp3) is 0.200. The monoisotopic (exact) mass is 226 g/mol. The van der Waals surface area contributed by atoms with E-state index in [0.717, 1.165) is 11.8 Å². The molecule has 0 aliphatic heterocycles. The zero-order chi connectivity index (χ0) is 11.3. The zero-order valence-electron chi connectivity index (χ0n) is 8.10. The Hall–Kier alpha value is -1.49. The average molecular weight is 226 g/mol. The van der Waals surface area contributed by atoms with Gasteiger partial charge < -0.3 is 9.84 Å². The van der Waals surface area contributed by atoms with Crippen LogP contribution in [0.5, 0.6) is 5.75 Å². The molecule has 1 aromatic rings. The highest BCUT2D eigenvalue weighted by atomic mass is 32.2. The van der Waals surface area contributed by atoms with Crippen LogP contribution in [0.15, 0.2) is 24.3 Å². The van der Waals surface area contributed by atoms with Gasteiger partial charge in [-0.3, -0.25) is 9.59 Å². The Morgan fingerprint density at radius 2 is 2.07 bits per heavy atom. The number of carboxylic acid groups (broad SMARTS) is 1. The molecule has 1 N–H and O–H groups in total. The second-order valence-corrected chi connectivity index (χ2v) is 3.62. The Labute approximate surface area is 91.2 Å². The lowest BCUT2D eigenvalue weighted by molar-refractivity contribution is -0.133. The number of thioether (sulfide) groups is 1. The Morgan fingerprint density at radius 1 is 1.40 bits per heavy atom. The molecule has 0 saturated heterocycles. The van der Waals surface area contributed by atoms with Crippen molar-refractivity contribution in [2.24, 2.45) is 0 Å². The minimum Gasteiger partial charge on any atom is -0.496 e. The van der Waals surface area contributed by atoms with E-state index in [4.69, 9.17) is 9.84 Å². The normalized spacial score (nSPS) is 9.67. The summed E-state index contributed by atoms with van der Waals surface area (Å²) in [6.07, 6.45) is 0. The van der Waals surface area contributed by atoms with Crippen molar-refractivity contribution in [2.45, 2.75) is 0 Å². The van der Waals surface area contributed by atoms with Gasteiger partial charge in [0.05, 0.1) is 18.4 Å². The van der Waals surface area contributed by atoms with Crippen molar-refractivity contribution in [1.82, 2.24) is 0 Å². The molecule has 0 aromatic heterocycles. The molecule has 0 heterocycles. The Morgan fingerprint density at radius 3 is 2.67 bits per heavy atom. The highest BCUT2D eigenvalue weighted by molar-refractivity contribution is 8.14. The Kier molecular flexibility index (Phi) is 4.17. The minimum absolute atomic E-state index is 0.239. The SMILES string of the molecule is COc1ccccc1C(=O)SCC(=O)O. The van der Waals surface area contributed by atoms with E-state index in [2.05, 4.69) is 0 Å². The summed E-state index contributed by atoms with van der Waals surface area (Å²) in [5.41, 5.74) is 0.395. The predicted molar refractivity (Wildman–Crippen MR) is 57.4 cm³/mol. The molecule has 0 saturated carbocycles. The van der Waals surface area contributed by atoms with E-state index >= 15 is 0 Å². The molecule has 0 bridgehead atoms. The second kappa shape index (κ2) is 5.41. The topological polar surface area (TPSA) is 63.6 Å². The van der Waals surface area contributed by atoms with Crippen LogP contribution in [0.3, 0.4) is 0 Å². The molecule has 0 amide bonds. The van der Waals surface area contributed by atoms with Gasteiger partial charge in [-0.05, 0) is 12.1 Å². The number of hydrogen-bond acceptors (Lipinski definition) is 4. The molecule has 1 rings (SSSR count). The summed E-state index contributed by atoms with van der Waals surface area (Å²) in [6, 6.07) is 6.72. The van der Waals surface area contributed by atoms with Crippen LogP contribution < -0.4 is 4.74 Å². The van der Waals surface area contributed by atoms with Gasteiger partial charge in [-0.25, -0.2) is 0 Å². The van der Waals surface area contributed by atoms with Gasteiger partial charge >= 0.3 is 5.97 Å². The van der Waals surface area contributed by atoms with E-state index in [-0.39, 0.29) is 10.9 Å². The molecule has 1 aromatic carbocycles. The molecule has 0 fully saturated rings. The average Bonchev–Trinajstić information content (AvgIpc) is 2.25. The number of carboxylic acids is 1. The molecule has 80 valence electrons. The van der Waals surface area contributed by atoms with E-state index in [1.807, 2.05) is 0 Å². The van der Waals surface area contributed by atoms with Gasteiger partial charge in [0.25, 0.3) is 0 Å². The highest BCUT2D eigenvalue weighted by Crippen LogP contribution is 2.22. The van der Waals surface area contributed by atoms with Gasteiger partial charge in [0.1, 0.15) is 5.75 Å². The summed E-state index contributed by atoms with van der Waals surface area (Å²) >= 11 is 0.749. The van der Waals surface area contributed by atoms with Crippen LogP contribution in [-0.4, -0.2) is 29.1 Å². The Balaban J connectivity index is 2.77. The first kappa shape index (κ1) is 11.6. The van der Waals surface area contributed by atoms with Crippen LogP contribution in [-0.2, 0) is 4.79 Å². The fourth-order valence-corrected chi connectivity index (χ4v) is 1.60. The van der Waals surface area contributed by atoms with E-state index in [1.54, 1.807) is 24.3 Å². The number of para-hydroxylation sites is 1. The van der Waals surface area contributed by atoms with E-state index in [0.29, 0.717) is 11.3 Å². The second-order valence-electron chi connectivity index (χ2n) is 2.67. The molecule has 15 heavy (non-hydrogen) atoms. The summed E-state index contributed by atoms with van der Waals surface area (Å²) in [7, 11) is 1.47. The molecule has 0 aliphatic carbocycles. The molecular weight excluding hydrogens is 216 g/mol. The molecule has 0 spiro atoms. The number of aliphatic carboxylic acids is 1. The third-order valence-corrected chi connectivity index (χ3v) is 2.53. The van der Waals surface area contributed by atoms with Gasteiger partial charge in [-0.15, -0.1) is 0 Å². The first-order chi connectivity index (χ1) is 7.15. The molecule has 0 unspecified atom stereocenters. The number of rotatable bonds is 4. The first-order valence-electron chi connectivity index (χ1n) is 4.17. The van der Waals surface area contributed by atoms with Crippen LogP contribution >= 0.6 is 11.8 Å². The summed E-state index contributed by atoms with van der Waals surface area (Å²) in [5.74, 6) is -0.791. The number of hydrogen-bond donors (Lipinski definition) is 1. The van der Waals surface area contributed by atoms with Crippen LogP contribution in [0.4, 0.5) is 0 Å². The largest absolute Gasteiger partial charge is 0.496 e. The van der Waals surface area contributed by atoms with E-state index < -0.39 is 5.97 Å². The fourth-order valence-electron chi connectivity index (χ4n) is 1.02. The predicted octanol–water partition coefficient (Wildman–Crippen LogP) is 1.65. The maximum atomic E-state index is 11.5. The number of ether oxygens (including phenoxy) is 1. The molecule has 4 nitrogen and oxygen atoms in total. The van der Waals surface area contributed by atoms with Crippen molar-refractivity contribution in [1.29, 1.82) is 0 Å². The Bertz CT molecular complexity index is 375. The maximum absolute atomic E-state index is 11.5. The smallest absolute Gasteiger partial charge is 0.313 e. The van der Waals surface area contributed by atoms with Gasteiger partial charge in [-0.2, -0.15) is 0 Å². The molecule has 5 heteroatoms.